The second-order valence-corrected chi connectivity index (χ2v) is 3.50. The van der Waals surface area contributed by atoms with Gasteiger partial charge < -0.3 is 14.8 Å². The summed E-state index contributed by atoms with van der Waals surface area (Å²) in [5.41, 5.74) is 0. The number of hydrogen-bond acceptors (Lipinski definition) is 5. The summed E-state index contributed by atoms with van der Waals surface area (Å²) in [5, 5.41) is 5.98. The number of nitrogens with zero attached hydrogens (tertiary/aromatic N) is 1. The Morgan fingerprint density at radius 1 is 1.46 bits per heavy atom. The Morgan fingerprint density at radius 2 is 2.15 bits per heavy atom. The SMILES string of the molecule is COC(OC)C(C)Nc1nccs1. The molecule has 74 valence electrons. The lowest BCUT2D eigenvalue weighted by atomic mass is 10.3. The van der Waals surface area contributed by atoms with Crippen molar-refractivity contribution < 1.29 is 9.47 Å². The molecule has 1 heterocycles. The average Bonchev–Trinajstić information content (AvgIpc) is 2.59. The highest BCUT2D eigenvalue weighted by Gasteiger charge is 2.15. The summed E-state index contributed by atoms with van der Waals surface area (Å²) in [6, 6.07) is 0.0844. The molecule has 0 fully saturated rings. The molecule has 0 radical (unpaired) electrons. The molecule has 0 amide bonds. The summed E-state index contributed by atoms with van der Waals surface area (Å²) in [6.45, 7) is 1.99. The van der Waals surface area contributed by atoms with Crippen LogP contribution in [0.15, 0.2) is 11.6 Å². The third-order valence-electron chi connectivity index (χ3n) is 1.66. The van der Waals surface area contributed by atoms with Crippen LogP contribution < -0.4 is 5.32 Å². The van der Waals surface area contributed by atoms with Gasteiger partial charge in [-0.2, -0.15) is 0 Å². The first-order chi connectivity index (χ1) is 6.27. The average molecular weight is 202 g/mol. The standard InChI is InChI=1S/C8H14N2O2S/c1-6(7(11-2)12-3)10-8-9-4-5-13-8/h4-7H,1-3H3,(H,9,10). The van der Waals surface area contributed by atoms with Crippen LogP contribution in [0.5, 0.6) is 0 Å². The molecule has 1 rings (SSSR count). The quantitative estimate of drug-likeness (QED) is 0.736. The molecule has 1 N–H and O–H groups in total. The van der Waals surface area contributed by atoms with Gasteiger partial charge in [0, 0.05) is 25.8 Å². The van der Waals surface area contributed by atoms with Gasteiger partial charge in [0.1, 0.15) is 0 Å². The maximum atomic E-state index is 5.10. The fraction of sp³-hybridized carbons (Fsp3) is 0.625. The van der Waals surface area contributed by atoms with E-state index in [4.69, 9.17) is 9.47 Å². The van der Waals surface area contributed by atoms with Crippen LogP contribution in [0.2, 0.25) is 0 Å². The molecule has 0 spiro atoms. The number of ether oxygens (including phenoxy) is 2. The summed E-state index contributed by atoms with van der Waals surface area (Å²) in [5.74, 6) is 0. The molecule has 1 aromatic rings. The zero-order chi connectivity index (χ0) is 9.68. The third kappa shape index (κ3) is 2.95. The molecule has 4 nitrogen and oxygen atoms in total. The number of aromatic nitrogens is 1. The van der Waals surface area contributed by atoms with Crippen LogP contribution in [0.4, 0.5) is 5.13 Å². The Bertz CT molecular complexity index is 224. The Balaban J connectivity index is 2.44. The molecule has 5 heteroatoms. The predicted octanol–water partition coefficient (Wildman–Crippen LogP) is 1.56. The minimum absolute atomic E-state index is 0.0844. The van der Waals surface area contributed by atoms with Crippen LogP contribution in [0.1, 0.15) is 6.92 Å². The Hall–Kier alpha value is -0.650. The molecule has 1 atom stereocenters. The van der Waals surface area contributed by atoms with E-state index in [-0.39, 0.29) is 12.3 Å². The first-order valence-corrected chi connectivity index (χ1v) is 4.87. The summed E-state index contributed by atoms with van der Waals surface area (Å²) in [7, 11) is 3.24. The Morgan fingerprint density at radius 3 is 2.62 bits per heavy atom. The number of hydrogen-bond donors (Lipinski definition) is 1. The highest BCUT2D eigenvalue weighted by atomic mass is 32.1. The Labute approximate surface area is 81.9 Å². The zero-order valence-corrected chi connectivity index (χ0v) is 8.80. The number of methoxy groups -OCH3 is 2. The van der Waals surface area contributed by atoms with Crippen molar-refractivity contribution in [2.75, 3.05) is 19.5 Å². The minimum atomic E-state index is -0.246. The second-order valence-electron chi connectivity index (χ2n) is 2.61. The smallest absolute Gasteiger partial charge is 0.182 e. The van der Waals surface area contributed by atoms with Gasteiger partial charge in [-0.15, -0.1) is 11.3 Å². The lowest BCUT2D eigenvalue weighted by Gasteiger charge is -2.21. The van der Waals surface area contributed by atoms with E-state index >= 15 is 0 Å². The first-order valence-electron chi connectivity index (χ1n) is 3.99. The topological polar surface area (TPSA) is 43.4 Å². The zero-order valence-electron chi connectivity index (χ0n) is 7.98. The van der Waals surface area contributed by atoms with Gasteiger partial charge >= 0.3 is 0 Å². The van der Waals surface area contributed by atoms with E-state index in [2.05, 4.69) is 10.3 Å². The lowest BCUT2D eigenvalue weighted by Crippen LogP contribution is -2.33. The van der Waals surface area contributed by atoms with E-state index in [0.717, 1.165) is 5.13 Å². The van der Waals surface area contributed by atoms with Crippen LogP contribution in [0, 0.1) is 0 Å². The summed E-state index contributed by atoms with van der Waals surface area (Å²) < 4.78 is 10.2. The van der Waals surface area contributed by atoms with Crippen LogP contribution in [-0.4, -0.2) is 31.5 Å². The van der Waals surface area contributed by atoms with Crippen molar-refractivity contribution in [3.63, 3.8) is 0 Å². The maximum absolute atomic E-state index is 5.10. The first kappa shape index (κ1) is 10.4. The molecule has 0 aliphatic carbocycles. The number of thiazole rings is 1. The summed E-state index contributed by atoms with van der Waals surface area (Å²) in [4.78, 5) is 4.10. The number of nitrogens with one attached hydrogen (secondary N) is 1. The molecule has 13 heavy (non-hydrogen) atoms. The van der Waals surface area contributed by atoms with E-state index < -0.39 is 0 Å². The number of rotatable bonds is 5. The molecule has 0 saturated carbocycles. The van der Waals surface area contributed by atoms with E-state index in [0.29, 0.717) is 0 Å². The lowest BCUT2D eigenvalue weighted by molar-refractivity contribution is -0.109. The van der Waals surface area contributed by atoms with Crippen molar-refractivity contribution in [1.29, 1.82) is 0 Å². The maximum Gasteiger partial charge on any atom is 0.182 e. The molecule has 1 unspecified atom stereocenters. The summed E-state index contributed by atoms with van der Waals surface area (Å²) >= 11 is 1.56. The van der Waals surface area contributed by atoms with Gasteiger partial charge in [-0.1, -0.05) is 0 Å². The highest BCUT2D eigenvalue weighted by molar-refractivity contribution is 7.13. The Kier molecular flexibility index (Phi) is 4.14. The fourth-order valence-corrected chi connectivity index (χ4v) is 1.69. The monoisotopic (exact) mass is 202 g/mol. The van der Waals surface area contributed by atoms with E-state index in [1.807, 2.05) is 12.3 Å². The third-order valence-corrected chi connectivity index (χ3v) is 2.36. The van der Waals surface area contributed by atoms with Crippen molar-refractivity contribution >= 4 is 16.5 Å². The molecule has 0 aliphatic rings. The van der Waals surface area contributed by atoms with Crippen molar-refractivity contribution in [3.8, 4) is 0 Å². The van der Waals surface area contributed by atoms with Crippen molar-refractivity contribution in [2.24, 2.45) is 0 Å². The molecule has 1 aromatic heterocycles. The van der Waals surface area contributed by atoms with Gasteiger partial charge in [-0.05, 0) is 6.92 Å². The van der Waals surface area contributed by atoms with Gasteiger partial charge in [-0.25, -0.2) is 4.98 Å². The molecular formula is C8H14N2O2S. The second kappa shape index (κ2) is 5.16. The minimum Gasteiger partial charge on any atom is -0.354 e. The highest BCUT2D eigenvalue weighted by Crippen LogP contribution is 2.13. The van der Waals surface area contributed by atoms with E-state index in [9.17, 15) is 0 Å². The number of anilines is 1. The molecular weight excluding hydrogens is 188 g/mol. The largest absolute Gasteiger partial charge is 0.354 e. The fourth-order valence-electron chi connectivity index (χ4n) is 1.06. The van der Waals surface area contributed by atoms with Crippen molar-refractivity contribution in [3.05, 3.63) is 11.6 Å². The van der Waals surface area contributed by atoms with Gasteiger partial charge in [0.25, 0.3) is 0 Å². The normalized spacial score (nSPS) is 13.2. The van der Waals surface area contributed by atoms with Gasteiger partial charge in [0.2, 0.25) is 0 Å². The van der Waals surface area contributed by atoms with Gasteiger partial charge in [-0.3, -0.25) is 0 Å². The molecule has 0 bridgehead atoms. The van der Waals surface area contributed by atoms with Crippen molar-refractivity contribution in [1.82, 2.24) is 4.98 Å². The summed E-state index contributed by atoms with van der Waals surface area (Å²) in [6.07, 6.45) is 1.51. The molecule has 0 aromatic carbocycles. The van der Waals surface area contributed by atoms with Crippen LogP contribution in [0.25, 0.3) is 0 Å². The molecule has 0 saturated heterocycles. The van der Waals surface area contributed by atoms with E-state index in [1.54, 1.807) is 31.8 Å². The van der Waals surface area contributed by atoms with E-state index in [1.165, 1.54) is 0 Å². The van der Waals surface area contributed by atoms with Crippen LogP contribution in [0.3, 0.4) is 0 Å². The van der Waals surface area contributed by atoms with Gasteiger partial charge in [0.05, 0.1) is 6.04 Å². The van der Waals surface area contributed by atoms with Crippen LogP contribution in [-0.2, 0) is 9.47 Å². The van der Waals surface area contributed by atoms with Crippen LogP contribution >= 0.6 is 11.3 Å². The van der Waals surface area contributed by atoms with Crippen molar-refractivity contribution in [2.45, 2.75) is 19.3 Å². The predicted molar refractivity (Wildman–Crippen MR) is 53.0 cm³/mol. The van der Waals surface area contributed by atoms with Gasteiger partial charge in [0.15, 0.2) is 11.4 Å². The molecule has 0 aliphatic heterocycles.